The van der Waals surface area contributed by atoms with E-state index >= 15 is 0 Å². The third-order valence-corrected chi connectivity index (χ3v) is 3.67. The third-order valence-electron chi connectivity index (χ3n) is 3.67. The van der Waals surface area contributed by atoms with Crippen LogP contribution in [-0.2, 0) is 11.3 Å². The van der Waals surface area contributed by atoms with Crippen molar-refractivity contribution in [2.24, 2.45) is 0 Å². The molecule has 1 aliphatic rings. The summed E-state index contributed by atoms with van der Waals surface area (Å²) < 4.78 is 19.6. The van der Waals surface area contributed by atoms with E-state index in [1.807, 2.05) is 44.9 Å². The molecule has 0 saturated carbocycles. The average Bonchev–Trinajstić information content (AvgIpc) is 2.46. The second kappa shape index (κ2) is 7.17. The lowest BCUT2D eigenvalue weighted by atomic mass is 10.1. The number of nitrogens with one attached hydrogen (secondary N) is 1. The quantitative estimate of drug-likeness (QED) is 0.929. The summed E-state index contributed by atoms with van der Waals surface area (Å²) in [6.45, 7) is 8.46. The zero-order chi connectivity index (χ0) is 17.0. The maximum atomic E-state index is 14.3. The highest BCUT2D eigenvalue weighted by Crippen LogP contribution is 2.22. The van der Waals surface area contributed by atoms with E-state index < -0.39 is 5.60 Å². The fraction of sp³-hybridized carbons (Fsp3) is 0.588. The van der Waals surface area contributed by atoms with E-state index in [9.17, 15) is 9.18 Å². The average molecular weight is 323 g/mol. The van der Waals surface area contributed by atoms with E-state index in [2.05, 4.69) is 5.32 Å². The molecule has 6 heteroatoms. The van der Waals surface area contributed by atoms with Gasteiger partial charge in [0.2, 0.25) is 0 Å². The van der Waals surface area contributed by atoms with Crippen LogP contribution in [0.2, 0.25) is 0 Å². The first-order chi connectivity index (χ1) is 10.8. The van der Waals surface area contributed by atoms with Crippen molar-refractivity contribution in [2.75, 3.05) is 38.1 Å². The minimum Gasteiger partial charge on any atom is -0.444 e. The Labute approximate surface area is 137 Å². The van der Waals surface area contributed by atoms with Crippen molar-refractivity contribution in [2.45, 2.75) is 32.9 Å². The molecule has 0 aromatic heterocycles. The molecular formula is C17H26FN3O2. The summed E-state index contributed by atoms with van der Waals surface area (Å²) in [7, 11) is 1.84. The minimum atomic E-state index is -0.497. The van der Waals surface area contributed by atoms with Gasteiger partial charge in [-0.3, -0.25) is 0 Å². The molecule has 1 aromatic carbocycles. The van der Waals surface area contributed by atoms with Crippen LogP contribution in [0.3, 0.4) is 0 Å². The molecule has 0 aliphatic carbocycles. The fourth-order valence-electron chi connectivity index (χ4n) is 2.58. The standard InChI is InChI=1S/C17H26FN3O2/c1-17(2,3)23-16(22)21-9-7-20(8-10-21)15-6-5-13(12-19-4)11-14(15)18/h5-6,11,19H,7-10,12H2,1-4H3. The fourth-order valence-corrected chi connectivity index (χ4v) is 2.58. The Morgan fingerprint density at radius 1 is 1.26 bits per heavy atom. The molecule has 0 bridgehead atoms. The summed E-state index contributed by atoms with van der Waals surface area (Å²) in [5, 5.41) is 3.01. The first-order valence-corrected chi connectivity index (χ1v) is 7.96. The number of rotatable bonds is 3. The normalized spacial score (nSPS) is 15.7. The second-order valence-corrected chi connectivity index (χ2v) is 6.77. The smallest absolute Gasteiger partial charge is 0.410 e. The largest absolute Gasteiger partial charge is 0.444 e. The van der Waals surface area contributed by atoms with E-state index in [-0.39, 0.29) is 11.9 Å². The molecule has 2 rings (SSSR count). The van der Waals surface area contributed by atoms with Gasteiger partial charge >= 0.3 is 6.09 Å². The number of piperazine rings is 1. The van der Waals surface area contributed by atoms with Crippen molar-refractivity contribution in [1.82, 2.24) is 10.2 Å². The first-order valence-electron chi connectivity index (χ1n) is 7.96. The summed E-state index contributed by atoms with van der Waals surface area (Å²) in [5.41, 5.74) is 1.01. The van der Waals surface area contributed by atoms with Gasteiger partial charge in [0.1, 0.15) is 11.4 Å². The third kappa shape index (κ3) is 4.82. The lowest BCUT2D eigenvalue weighted by Gasteiger charge is -2.36. The van der Waals surface area contributed by atoms with Crippen molar-refractivity contribution < 1.29 is 13.9 Å². The van der Waals surface area contributed by atoms with Crippen LogP contribution in [0.5, 0.6) is 0 Å². The Morgan fingerprint density at radius 2 is 1.91 bits per heavy atom. The zero-order valence-electron chi connectivity index (χ0n) is 14.4. The summed E-state index contributed by atoms with van der Waals surface area (Å²) >= 11 is 0. The Kier molecular flexibility index (Phi) is 5.46. The Hall–Kier alpha value is -1.82. The van der Waals surface area contributed by atoms with Gasteiger partial charge in [-0.05, 0) is 45.5 Å². The lowest BCUT2D eigenvalue weighted by Crippen LogP contribution is -2.50. The van der Waals surface area contributed by atoms with Crippen molar-refractivity contribution in [3.8, 4) is 0 Å². The molecule has 0 atom stereocenters. The van der Waals surface area contributed by atoms with E-state index in [1.165, 1.54) is 0 Å². The highest BCUT2D eigenvalue weighted by Gasteiger charge is 2.26. The predicted octanol–water partition coefficient (Wildman–Crippen LogP) is 2.60. The number of ether oxygens (including phenoxy) is 1. The van der Waals surface area contributed by atoms with Crippen molar-refractivity contribution in [3.05, 3.63) is 29.6 Å². The zero-order valence-corrected chi connectivity index (χ0v) is 14.4. The van der Waals surface area contributed by atoms with Crippen molar-refractivity contribution in [3.63, 3.8) is 0 Å². The number of halogens is 1. The Morgan fingerprint density at radius 3 is 2.43 bits per heavy atom. The molecule has 5 nitrogen and oxygen atoms in total. The van der Waals surface area contributed by atoms with Gasteiger partial charge in [0.05, 0.1) is 5.69 Å². The van der Waals surface area contributed by atoms with Gasteiger partial charge in [0.15, 0.2) is 0 Å². The van der Waals surface area contributed by atoms with E-state index in [0.29, 0.717) is 38.4 Å². The highest BCUT2D eigenvalue weighted by atomic mass is 19.1. The molecule has 0 radical (unpaired) electrons. The highest BCUT2D eigenvalue weighted by molar-refractivity contribution is 5.68. The van der Waals surface area contributed by atoms with Crippen LogP contribution in [0.1, 0.15) is 26.3 Å². The summed E-state index contributed by atoms with van der Waals surface area (Å²) in [6.07, 6.45) is -0.304. The summed E-state index contributed by atoms with van der Waals surface area (Å²) in [4.78, 5) is 15.7. The summed E-state index contributed by atoms with van der Waals surface area (Å²) in [5.74, 6) is -0.219. The van der Waals surface area contributed by atoms with Crippen molar-refractivity contribution in [1.29, 1.82) is 0 Å². The van der Waals surface area contributed by atoms with Crippen LogP contribution in [-0.4, -0.2) is 49.8 Å². The number of hydrogen-bond acceptors (Lipinski definition) is 4. The minimum absolute atomic E-state index is 0.219. The van der Waals surface area contributed by atoms with E-state index in [1.54, 1.807) is 11.0 Å². The van der Waals surface area contributed by atoms with Gasteiger partial charge in [-0.15, -0.1) is 0 Å². The maximum Gasteiger partial charge on any atom is 0.410 e. The van der Waals surface area contributed by atoms with Gasteiger partial charge in [-0.25, -0.2) is 9.18 Å². The van der Waals surface area contributed by atoms with Gasteiger partial charge < -0.3 is 19.9 Å². The number of amides is 1. The number of benzene rings is 1. The molecule has 1 N–H and O–H groups in total. The van der Waals surface area contributed by atoms with Crippen LogP contribution in [0.4, 0.5) is 14.9 Å². The second-order valence-electron chi connectivity index (χ2n) is 6.77. The topological polar surface area (TPSA) is 44.8 Å². The van der Waals surface area contributed by atoms with Crippen LogP contribution < -0.4 is 10.2 Å². The van der Waals surface area contributed by atoms with Crippen LogP contribution in [0.15, 0.2) is 18.2 Å². The van der Waals surface area contributed by atoms with E-state index in [4.69, 9.17) is 4.74 Å². The molecule has 1 heterocycles. The number of hydrogen-bond donors (Lipinski definition) is 1. The number of nitrogens with zero attached hydrogens (tertiary/aromatic N) is 2. The SMILES string of the molecule is CNCc1ccc(N2CCN(C(=O)OC(C)(C)C)CC2)c(F)c1. The van der Waals surface area contributed by atoms with Crippen molar-refractivity contribution >= 4 is 11.8 Å². The van der Waals surface area contributed by atoms with Crippen LogP contribution in [0.25, 0.3) is 0 Å². The molecule has 128 valence electrons. The molecule has 23 heavy (non-hydrogen) atoms. The number of carbonyl (C=O) groups is 1. The summed E-state index contributed by atoms with van der Waals surface area (Å²) in [6, 6.07) is 5.30. The van der Waals surface area contributed by atoms with Gasteiger partial charge in [-0.1, -0.05) is 6.07 Å². The molecule has 1 saturated heterocycles. The predicted molar refractivity (Wildman–Crippen MR) is 89.2 cm³/mol. The molecular weight excluding hydrogens is 297 g/mol. The van der Waals surface area contributed by atoms with Gasteiger partial charge in [0.25, 0.3) is 0 Å². The van der Waals surface area contributed by atoms with E-state index in [0.717, 1.165) is 5.56 Å². The number of anilines is 1. The molecule has 1 amide bonds. The van der Waals surface area contributed by atoms with Gasteiger partial charge in [-0.2, -0.15) is 0 Å². The number of carbonyl (C=O) groups excluding carboxylic acids is 1. The molecule has 0 unspecified atom stereocenters. The lowest BCUT2D eigenvalue weighted by molar-refractivity contribution is 0.0240. The first kappa shape index (κ1) is 17.5. The monoisotopic (exact) mass is 323 g/mol. The molecule has 1 aliphatic heterocycles. The Balaban J connectivity index is 1.95. The van der Waals surface area contributed by atoms with Crippen LogP contribution >= 0.6 is 0 Å². The van der Waals surface area contributed by atoms with Crippen LogP contribution in [0, 0.1) is 5.82 Å². The molecule has 1 fully saturated rings. The Bertz CT molecular complexity index is 549. The molecule has 0 spiro atoms. The molecule has 1 aromatic rings. The van der Waals surface area contributed by atoms with Gasteiger partial charge in [0, 0.05) is 32.7 Å². The maximum absolute atomic E-state index is 14.3.